The van der Waals surface area contributed by atoms with E-state index in [0.717, 1.165) is 21.7 Å². The average Bonchev–Trinajstić information content (AvgIpc) is 3.39. The molecule has 0 saturated heterocycles. The van der Waals surface area contributed by atoms with Crippen molar-refractivity contribution < 1.29 is 14.3 Å². The molecule has 160 valence electrons. The lowest BCUT2D eigenvalue weighted by atomic mass is 10.3. The number of ether oxygens (including phenoxy) is 2. The molecule has 8 nitrogen and oxygen atoms in total. The van der Waals surface area contributed by atoms with E-state index in [9.17, 15) is 4.79 Å². The second kappa shape index (κ2) is 9.80. The molecule has 0 spiro atoms. The Kier molecular flexibility index (Phi) is 6.68. The number of nitrogens with zero attached hydrogens (tertiary/aromatic N) is 4. The van der Waals surface area contributed by atoms with Gasteiger partial charge in [0.15, 0.2) is 16.1 Å². The summed E-state index contributed by atoms with van der Waals surface area (Å²) in [4.78, 5) is 16.8. The summed E-state index contributed by atoms with van der Waals surface area (Å²) in [6.07, 6.45) is 0. The minimum atomic E-state index is -0.134. The first-order valence-corrected chi connectivity index (χ1v) is 11.4. The van der Waals surface area contributed by atoms with Crippen molar-refractivity contribution in [3.63, 3.8) is 0 Å². The molecular weight excluding hydrogens is 434 g/mol. The van der Waals surface area contributed by atoms with Gasteiger partial charge in [0.25, 0.3) is 0 Å². The number of fused-ring (bicyclic) bond motifs is 1. The van der Waals surface area contributed by atoms with Gasteiger partial charge in [-0.05, 0) is 43.3 Å². The molecule has 4 aromatic rings. The van der Waals surface area contributed by atoms with Gasteiger partial charge in [0, 0.05) is 6.54 Å². The summed E-state index contributed by atoms with van der Waals surface area (Å²) in [5.41, 5.74) is 0.877. The zero-order chi connectivity index (χ0) is 21.6. The van der Waals surface area contributed by atoms with Crippen molar-refractivity contribution in [2.24, 2.45) is 0 Å². The molecule has 0 fully saturated rings. The van der Waals surface area contributed by atoms with Crippen molar-refractivity contribution in [1.29, 1.82) is 0 Å². The molecule has 0 bridgehead atoms. The van der Waals surface area contributed by atoms with Gasteiger partial charge >= 0.3 is 0 Å². The summed E-state index contributed by atoms with van der Waals surface area (Å²) in [5, 5.41) is 12.6. The first-order chi connectivity index (χ1) is 15.2. The topological polar surface area (TPSA) is 91.2 Å². The minimum Gasteiger partial charge on any atom is -0.497 e. The molecule has 10 heteroatoms. The molecule has 2 heterocycles. The Morgan fingerprint density at radius 1 is 1.13 bits per heavy atom. The van der Waals surface area contributed by atoms with Gasteiger partial charge in [-0.3, -0.25) is 4.79 Å². The van der Waals surface area contributed by atoms with Crippen LogP contribution in [0, 0.1) is 0 Å². The number of benzene rings is 2. The molecule has 0 radical (unpaired) electrons. The van der Waals surface area contributed by atoms with Gasteiger partial charge in [-0.15, -0.1) is 10.2 Å². The summed E-state index contributed by atoms with van der Waals surface area (Å²) >= 11 is 2.79. The van der Waals surface area contributed by atoms with Crippen LogP contribution < -0.4 is 14.8 Å². The van der Waals surface area contributed by atoms with Gasteiger partial charge in [-0.2, -0.15) is 0 Å². The van der Waals surface area contributed by atoms with Crippen molar-refractivity contribution in [1.82, 2.24) is 19.7 Å². The molecule has 2 aromatic heterocycles. The van der Waals surface area contributed by atoms with E-state index in [1.807, 2.05) is 60.0 Å². The third-order valence-electron chi connectivity index (χ3n) is 4.41. The molecule has 0 aliphatic carbocycles. The molecular formula is C21H21N5O3S2. The number of hydrogen-bond acceptors (Lipinski definition) is 8. The molecule has 31 heavy (non-hydrogen) atoms. The van der Waals surface area contributed by atoms with Crippen LogP contribution in [0.2, 0.25) is 0 Å². The fourth-order valence-corrected chi connectivity index (χ4v) is 4.58. The van der Waals surface area contributed by atoms with Crippen LogP contribution in [0.4, 0.5) is 5.13 Å². The Labute approximate surface area is 187 Å². The number of rotatable bonds is 9. The fourth-order valence-electron chi connectivity index (χ4n) is 2.88. The number of thioether (sulfide) groups is 1. The van der Waals surface area contributed by atoms with E-state index >= 15 is 0 Å². The molecule has 0 saturated carbocycles. The van der Waals surface area contributed by atoms with Crippen molar-refractivity contribution in [2.45, 2.75) is 25.2 Å². The zero-order valence-electron chi connectivity index (χ0n) is 17.1. The van der Waals surface area contributed by atoms with Crippen LogP contribution in [0.15, 0.2) is 53.7 Å². The molecule has 0 aliphatic heterocycles. The maximum atomic E-state index is 12.4. The first kappa shape index (κ1) is 21.1. The first-order valence-electron chi connectivity index (χ1n) is 9.63. The maximum absolute atomic E-state index is 12.4. The molecule has 1 N–H and O–H groups in total. The van der Waals surface area contributed by atoms with E-state index in [1.165, 1.54) is 23.1 Å². The van der Waals surface area contributed by atoms with Crippen LogP contribution >= 0.6 is 23.1 Å². The summed E-state index contributed by atoms with van der Waals surface area (Å²) in [6.45, 7) is 2.97. The Hall–Kier alpha value is -3.11. The predicted molar refractivity (Wildman–Crippen MR) is 122 cm³/mol. The smallest absolute Gasteiger partial charge is 0.236 e. The van der Waals surface area contributed by atoms with Gasteiger partial charge in [-0.1, -0.05) is 35.2 Å². The zero-order valence-corrected chi connectivity index (χ0v) is 18.7. The number of thiazole rings is 1. The molecule has 0 atom stereocenters. The monoisotopic (exact) mass is 455 g/mol. The highest BCUT2D eigenvalue weighted by Crippen LogP contribution is 2.26. The minimum absolute atomic E-state index is 0.134. The van der Waals surface area contributed by atoms with Crippen LogP contribution in [0.5, 0.6) is 11.5 Å². The van der Waals surface area contributed by atoms with Crippen LogP contribution in [0.1, 0.15) is 12.7 Å². The van der Waals surface area contributed by atoms with E-state index in [2.05, 4.69) is 20.5 Å². The summed E-state index contributed by atoms with van der Waals surface area (Å²) in [6, 6.07) is 15.1. The number of carbonyl (C=O) groups is 1. The number of nitrogens with one attached hydrogen (secondary N) is 1. The normalized spacial score (nSPS) is 10.9. The Balaban J connectivity index is 1.33. The van der Waals surface area contributed by atoms with Gasteiger partial charge in [0.05, 0.1) is 23.1 Å². The quantitative estimate of drug-likeness (QED) is 0.378. The summed E-state index contributed by atoms with van der Waals surface area (Å²) in [7, 11) is 1.62. The molecule has 1 amide bonds. The average molecular weight is 456 g/mol. The number of methoxy groups -OCH3 is 1. The Bertz CT molecular complexity index is 1140. The second-order valence-corrected chi connectivity index (χ2v) is 8.40. The standard InChI is InChI=1S/C21H21N5O3S2/c1-3-26-18(12-29-15-10-8-14(28-2)9-11-15)24-25-21(26)30-13-19(27)23-20-22-16-6-4-5-7-17(16)31-20/h4-11H,3,12-13H2,1-2H3,(H,22,23,27). The van der Waals surface area contributed by atoms with E-state index in [4.69, 9.17) is 9.47 Å². The lowest BCUT2D eigenvalue weighted by molar-refractivity contribution is -0.113. The number of amides is 1. The largest absolute Gasteiger partial charge is 0.497 e. The van der Waals surface area contributed by atoms with Crippen LogP contribution in [0.25, 0.3) is 10.2 Å². The van der Waals surface area contributed by atoms with E-state index in [0.29, 0.717) is 22.7 Å². The molecule has 4 rings (SSSR count). The van der Waals surface area contributed by atoms with Gasteiger partial charge in [0.1, 0.15) is 18.1 Å². The highest BCUT2D eigenvalue weighted by molar-refractivity contribution is 7.99. The third-order valence-corrected chi connectivity index (χ3v) is 6.33. The third kappa shape index (κ3) is 5.15. The molecule has 2 aromatic carbocycles. The SMILES string of the molecule is CCn1c(COc2ccc(OC)cc2)nnc1SCC(=O)Nc1nc2ccccc2s1. The van der Waals surface area contributed by atoms with Gasteiger partial charge in [-0.25, -0.2) is 4.98 Å². The number of anilines is 1. The highest BCUT2D eigenvalue weighted by Gasteiger charge is 2.15. The lowest BCUT2D eigenvalue weighted by Crippen LogP contribution is -2.14. The summed E-state index contributed by atoms with van der Waals surface area (Å²) < 4.78 is 13.9. The number of aromatic nitrogens is 4. The predicted octanol–water partition coefficient (Wildman–Crippen LogP) is 4.23. The van der Waals surface area contributed by atoms with E-state index in [-0.39, 0.29) is 18.3 Å². The van der Waals surface area contributed by atoms with Crippen molar-refractivity contribution in [2.75, 3.05) is 18.2 Å². The van der Waals surface area contributed by atoms with Crippen molar-refractivity contribution in [3.8, 4) is 11.5 Å². The second-order valence-electron chi connectivity index (χ2n) is 6.43. The van der Waals surface area contributed by atoms with Crippen LogP contribution in [0.3, 0.4) is 0 Å². The molecule has 0 unspecified atom stereocenters. The van der Waals surface area contributed by atoms with E-state index < -0.39 is 0 Å². The lowest BCUT2D eigenvalue weighted by Gasteiger charge is -2.09. The summed E-state index contributed by atoms with van der Waals surface area (Å²) in [5.74, 6) is 2.27. The number of hydrogen-bond donors (Lipinski definition) is 1. The van der Waals surface area contributed by atoms with Gasteiger partial charge in [0.2, 0.25) is 5.91 Å². The maximum Gasteiger partial charge on any atom is 0.236 e. The van der Waals surface area contributed by atoms with Crippen LogP contribution in [-0.4, -0.2) is 38.5 Å². The Morgan fingerprint density at radius 3 is 2.65 bits per heavy atom. The van der Waals surface area contributed by atoms with Gasteiger partial charge < -0.3 is 19.4 Å². The van der Waals surface area contributed by atoms with Crippen LogP contribution in [-0.2, 0) is 17.9 Å². The molecule has 0 aliphatic rings. The number of carbonyl (C=O) groups excluding carboxylic acids is 1. The van der Waals surface area contributed by atoms with Crippen molar-refractivity contribution >= 4 is 44.4 Å². The van der Waals surface area contributed by atoms with E-state index in [1.54, 1.807) is 7.11 Å². The van der Waals surface area contributed by atoms with Crippen molar-refractivity contribution in [3.05, 3.63) is 54.4 Å². The number of para-hydroxylation sites is 1. The highest BCUT2D eigenvalue weighted by atomic mass is 32.2. The fraction of sp³-hybridized carbons (Fsp3) is 0.238. The Morgan fingerprint density at radius 2 is 1.90 bits per heavy atom.